The predicted octanol–water partition coefficient (Wildman–Crippen LogP) is 3.88. The van der Waals surface area contributed by atoms with E-state index in [-0.39, 0.29) is 16.8 Å². The average Bonchev–Trinajstić information content (AvgIpc) is 2.68. The normalized spacial score (nSPS) is 18.0. The number of rotatable bonds is 6. The van der Waals surface area contributed by atoms with Crippen molar-refractivity contribution in [1.29, 1.82) is 0 Å². The molecular weight excluding hydrogens is 396 g/mol. The van der Waals surface area contributed by atoms with Crippen LogP contribution in [0.1, 0.15) is 42.1 Å². The fourth-order valence-corrected chi connectivity index (χ4v) is 5.44. The van der Waals surface area contributed by atoms with E-state index in [1.54, 1.807) is 28.6 Å². The third-order valence-corrected chi connectivity index (χ3v) is 7.28. The lowest BCUT2D eigenvalue weighted by atomic mass is 10.1. The Labute approximate surface area is 171 Å². The van der Waals surface area contributed by atoms with E-state index < -0.39 is 10.0 Å². The highest BCUT2D eigenvalue weighted by atomic mass is 35.5. The number of amides is 1. The molecule has 3 rings (SSSR count). The van der Waals surface area contributed by atoms with E-state index in [9.17, 15) is 13.2 Å². The fraction of sp³-hybridized carbons (Fsp3) is 0.381. The lowest BCUT2D eigenvalue weighted by molar-refractivity contribution is 0.0954. The summed E-state index contributed by atoms with van der Waals surface area (Å²) in [4.78, 5) is 12.6. The van der Waals surface area contributed by atoms with Crippen LogP contribution >= 0.6 is 11.6 Å². The Morgan fingerprint density at radius 1 is 1.18 bits per heavy atom. The van der Waals surface area contributed by atoms with Crippen LogP contribution in [-0.2, 0) is 16.4 Å². The van der Waals surface area contributed by atoms with E-state index in [0.717, 1.165) is 24.8 Å². The van der Waals surface area contributed by atoms with Gasteiger partial charge in [0.15, 0.2) is 0 Å². The Bertz CT molecular complexity index is 946. The third-order valence-electron chi connectivity index (χ3n) is 5.03. The van der Waals surface area contributed by atoms with Gasteiger partial charge in [0.1, 0.15) is 0 Å². The van der Waals surface area contributed by atoms with Crippen LogP contribution in [0.2, 0.25) is 5.02 Å². The number of carbonyl (C=O) groups excluding carboxylic acids is 1. The quantitative estimate of drug-likeness (QED) is 0.771. The van der Waals surface area contributed by atoms with Gasteiger partial charge in [-0.15, -0.1) is 0 Å². The van der Waals surface area contributed by atoms with Crippen LogP contribution in [0.3, 0.4) is 0 Å². The minimum Gasteiger partial charge on any atom is -0.352 e. The van der Waals surface area contributed by atoms with Gasteiger partial charge in [-0.05, 0) is 62.1 Å². The first-order valence-electron chi connectivity index (χ1n) is 9.52. The van der Waals surface area contributed by atoms with E-state index >= 15 is 0 Å². The summed E-state index contributed by atoms with van der Waals surface area (Å²) in [6.45, 7) is 2.90. The summed E-state index contributed by atoms with van der Waals surface area (Å²) in [5, 5.41) is 3.50. The van der Waals surface area contributed by atoms with E-state index in [2.05, 4.69) is 5.32 Å². The minimum atomic E-state index is -3.60. The molecule has 2 aromatic carbocycles. The van der Waals surface area contributed by atoms with Gasteiger partial charge < -0.3 is 5.32 Å². The van der Waals surface area contributed by atoms with Gasteiger partial charge in [0, 0.05) is 29.7 Å². The molecular formula is C21H25ClN2O3S. The highest BCUT2D eigenvalue weighted by molar-refractivity contribution is 7.89. The first-order valence-corrected chi connectivity index (χ1v) is 11.3. The van der Waals surface area contributed by atoms with Crippen molar-refractivity contribution in [2.24, 2.45) is 0 Å². The molecule has 0 aliphatic carbocycles. The number of hydrogen-bond donors (Lipinski definition) is 1. The first kappa shape index (κ1) is 20.8. The molecule has 1 N–H and O–H groups in total. The van der Waals surface area contributed by atoms with Gasteiger partial charge in [-0.2, -0.15) is 4.31 Å². The molecule has 1 aliphatic rings. The zero-order chi connectivity index (χ0) is 20.1. The number of piperidine rings is 1. The molecule has 0 aromatic heterocycles. The molecule has 1 aliphatic heterocycles. The molecule has 0 saturated carbocycles. The van der Waals surface area contributed by atoms with Gasteiger partial charge in [-0.3, -0.25) is 4.79 Å². The fourth-order valence-electron chi connectivity index (χ4n) is 3.48. The first-order chi connectivity index (χ1) is 13.4. The molecule has 5 nitrogen and oxygen atoms in total. The maximum Gasteiger partial charge on any atom is 0.251 e. The van der Waals surface area contributed by atoms with E-state index in [1.807, 2.05) is 25.1 Å². The SMILES string of the molecule is CC1CCCCN1S(=O)(=O)c1cccc(C(=O)NCCc2cccc(Cl)c2)c1. The Kier molecular flexibility index (Phi) is 6.75. The van der Waals surface area contributed by atoms with Crippen LogP contribution < -0.4 is 5.32 Å². The van der Waals surface area contributed by atoms with Gasteiger partial charge in [0.05, 0.1) is 4.90 Å². The maximum absolute atomic E-state index is 13.0. The van der Waals surface area contributed by atoms with Crippen molar-refractivity contribution in [3.05, 3.63) is 64.7 Å². The molecule has 1 fully saturated rings. The number of sulfonamides is 1. The third kappa shape index (κ3) is 4.93. The van der Waals surface area contributed by atoms with Crippen molar-refractivity contribution in [3.8, 4) is 0 Å². The molecule has 0 radical (unpaired) electrons. The summed E-state index contributed by atoms with van der Waals surface area (Å²) in [7, 11) is -3.60. The highest BCUT2D eigenvalue weighted by Crippen LogP contribution is 2.25. The standard InChI is InChI=1S/C21H25ClN2O3S/c1-16-6-2-3-13-24(16)28(26,27)20-10-5-8-18(15-20)21(25)23-12-11-17-7-4-9-19(22)14-17/h4-5,7-10,14-16H,2-3,6,11-13H2,1H3,(H,23,25). The molecule has 1 heterocycles. The number of nitrogens with zero attached hydrogens (tertiary/aromatic N) is 1. The summed E-state index contributed by atoms with van der Waals surface area (Å²) in [5.41, 5.74) is 1.38. The Morgan fingerprint density at radius 3 is 2.71 bits per heavy atom. The summed E-state index contributed by atoms with van der Waals surface area (Å²) < 4.78 is 27.5. The van der Waals surface area contributed by atoms with Crippen molar-refractivity contribution in [1.82, 2.24) is 9.62 Å². The van der Waals surface area contributed by atoms with Crippen LogP contribution in [0.5, 0.6) is 0 Å². The van der Waals surface area contributed by atoms with Crippen molar-refractivity contribution in [2.45, 2.75) is 43.5 Å². The molecule has 7 heteroatoms. The number of carbonyl (C=O) groups is 1. The molecule has 1 atom stereocenters. The molecule has 1 unspecified atom stereocenters. The van der Waals surface area contributed by atoms with Crippen molar-refractivity contribution in [3.63, 3.8) is 0 Å². The van der Waals surface area contributed by atoms with Gasteiger partial charge in [0.25, 0.3) is 5.91 Å². The van der Waals surface area contributed by atoms with Crippen molar-refractivity contribution >= 4 is 27.5 Å². The Morgan fingerprint density at radius 2 is 1.96 bits per heavy atom. The lowest BCUT2D eigenvalue weighted by Gasteiger charge is -2.32. The summed E-state index contributed by atoms with van der Waals surface area (Å²) in [5.74, 6) is -0.286. The predicted molar refractivity (Wildman–Crippen MR) is 111 cm³/mol. The smallest absolute Gasteiger partial charge is 0.251 e. The van der Waals surface area contributed by atoms with E-state index in [4.69, 9.17) is 11.6 Å². The molecule has 0 bridgehead atoms. The lowest BCUT2D eigenvalue weighted by Crippen LogP contribution is -2.42. The monoisotopic (exact) mass is 420 g/mol. The zero-order valence-electron chi connectivity index (χ0n) is 15.9. The number of benzene rings is 2. The second-order valence-corrected chi connectivity index (χ2v) is 9.45. The maximum atomic E-state index is 13.0. The van der Waals surface area contributed by atoms with Crippen LogP contribution in [0.4, 0.5) is 0 Å². The number of hydrogen-bond acceptors (Lipinski definition) is 3. The van der Waals surface area contributed by atoms with Gasteiger partial charge >= 0.3 is 0 Å². The van der Waals surface area contributed by atoms with E-state index in [1.165, 1.54) is 6.07 Å². The second-order valence-electron chi connectivity index (χ2n) is 7.12. The average molecular weight is 421 g/mol. The molecule has 28 heavy (non-hydrogen) atoms. The molecule has 1 amide bonds. The number of nitrogens with one attached hydrogen (secondary N) is 1. The molecule has 1 saturated heterocycles. The van der Waals surface area contributed by atoms with Gasteiger partial charge in [0.2, 0.25) is 10.0 Å². The topological polar surface area (TPSA) is 66.5 Å². The zero-order valence-corrected chi connectivity index (χ0v) is 17.5. The van der Waals surface area contributed by atoms with E-state index in [0.29, 0.717) is 30.1 Å². The molecule has 0 spiro atoms. The Balaban J connectivity index is 1.67. The highest BCUT2D eigenvalue weighted by Gasteiger charge is 2.31. The Hall–Kier alpha value is -1.89. The van der Waals surface area contributed by atoms with Crippen LogP contribution in [-0.4, -0.2) is 37.8 Å². The summed E-state index contributed by atoms with van der Waals surface area (Å²) in [6.07, 6.45) is 3.42. The largest absolute Gasteiger partial charge is 0.352 e. The van der Waals surface area contributed by atoms with Crippen LogP contribution in [0, 0.1) is 0 Å². The molecule has 150 valence electrons. The summed E-state index contributed by atoms with van der Waals surface area (Å²) in [6, 6.07) is 13.7. The van der Waals surface area contributed by atoms with Crippen molar-refractivity contribution < 1.29 is 13.2 Å². The van der Waals surface area contributed by atoms with Crippen LogP contribution in [0.25, 0.3) is 0 Å². The van der Waals surface area contributed by atoms with Crippen LogP contribution in [0.15, 0.2) is 53.4 Å². The van der Waals surface area contributed by atoms with Crippen molar-refractivity contribution in [2.75, 3.05) is 13.1 Å². The summed E-state index contributed by atoms with van der Waals surface area (Å²) >= 11 is 5.97. The van der Waals surface area contributed by atoms with Gasteiger partial charge in [-0.1, -0.05) is 36.2 Å². The number of halogens is 1. The van der Waals surface area contributed by atoms with Gasteiger partial charge in [-0.25, -0.2) is 8.42 Å². The second kappa shape index (κ2) is 9.07. The minimum absolute atomic E-state index is 0.0195. The molecule has 2 aromatic rings.